The van der Waals surface area contributed by atoms with Crippen LogP contribution in [0.15, 0.2) is 76.9 Å². The number of alkyl halides is 3. The van der Waals surface area contributed by atoms with Crippen LogP contribution in [0.1, 0.15) is 11.1 Å². The number of pyridine rings is 2. The van der Waals surface area contributed by atoms with E-state index in [0.717, 1.165) is 23.8 Å². The van der Waals surface area contributed by atoms with Crippen molar-refractivity contribution in [1.29, 1.82) is 0 Å². The second-order valence-electron chi connectivity index (χ2n) is 7.15. The lowest BCUT2D eigenvalue weighted by Crippen LogP contribution is -2.44. The number of benzene rings is 1. The molecule has 4 rings (SSSR count). The molecule has 0 radical (unpaired) electrons. The number of halogens is 4. The molecule has 0 atom stereocenters. The molecule has 0 unspecified atom stereocenters. The first-order valence-electron chi connectivity index (χ1n) is 9.92. The summed E-state index contributed by atoms with van der Waals surface area (Å²) in [4.78, 5) is 22.1. The first kappa shape index (κ1) is 23.2. The molecule has 4 aromatic rings. The largest absolute Gasteiger partial charge is 0.842 e. The highest BCUT2D eigenvalue weighted by molar-refractivity contribution is 6.29. The summed E-state index contributed by atoms with van der Waals surface area (Å²) in [5.74, 6) is -0.746. The van der Waals surface area contributed by atoms with Crippen molar-refractivity contribution in [3.05, 3.63) is 93.6 Å². The second kappa shape index (κ2) is 9.52. The number of nitrogens with zero attached hydrogens (tertiary/aromatic N) is 4. The number of hydrogen-bond donors (Lipinski definition) is 0. The van der Waals surface area contributed by atoms with E-state index in [0.29, 0.717) is 5.15 Å². The van der Waals surface area contributed by atoms with Crippen molar-refractivity contribution >= 4 is 23.5 Å². The number of fused-ring (bicyclic) bond motifs is 1. The summed E-state index contributed by atoms with van der Waals surface area (Å²) in [7, 11) is 0. The molecule has 0 saturated carbocycles. The highest BCUT2D eigenvalue weighted by Crippen LogP contribution is 2.32. The first-order valence-corrected chi connectivity index (χ1v) is 10.3. The molecule has 0 saturated heterocycles. The molecule has 0 spiro atoms. The number of aromatic nitrogens is 3. The molecule has 34 heavy (non-hydrogen) atoms. The third-order valence-corrected chi connectivity index (χ3v) is 5.14. The summed E-state index contributed by atoms with van der Waals surface area (Å²) in [6.45, 7) is 0.0253. The monoisotopic (exact) mass is 488 g/mol. The molecule has 3 aromatic heterocycles. The fourth-order valence-electron chi connectivity index (χ4n) is 3.32. The summed E-state index contributed by atoms with van der Waals surface area (Å²) in [6.07, 6.45) is -0.337. The van der Waals surface area contributed by atoms with Crippen LogP contribution >= 0.6 is 11.6 Å². The Morgan fingerprint density at radius 3 is 2.74 bits per heavy atom. The predicted molar refractivity (Wildman–Crippen MR) is 116 cm³/mol. The van der Waals surface area contributed by atoms with E-state index >= 15 is 0 Å². The molecule has 0 aliphatic carbocycles. The SMILES string of the molecule is O=c1c(-c2cccc(C(F)(F)F)c2)c([O-])[n+](C/C=N/OCc2ccc(Cl)nc2)c2ccccn12. The van der Waals surface area contributed by atoms with Gasteiger partial charge in [-0.3, -0.25) is 0 Å². The Morgan fingerprint density at radius 2 is 2.00 bits per heavy atom. The Hall–Kier alpha value is -3.92. The summed E-state index contributed by atoms with van der Waals surface area (Å²) in [6, 6.07) is 12.2. The average molecular weight is 489 g/mol. The highest BCUT2D eigenvalue weighted by Gasteiger charge is 2.31. The van der Waals surface area contributed by atoms with Crippen molar-refractivity contribution in [3.63, 3.8) is 0 Å². The Bertz CT molecular complexity index is 1420. The van der Waals surface area contributed by atoms with Crippen molar-refractivity contribution < 1.29 is 27.7 Å². The second-order valence-corrected chi connectivity index (χ2v) is 7.54. The Kier molecular flexibility index (Phi) is 6.51. The van der Waals surface area contributed by atoms with Crippen LogP contribution in [-0.4, -0.2) is 15.6 Å². The van der Waals surface area contributed by atoms with Gasteiger partial charge in [-0.05, 0) is 29.8 Å². The van der Waals surface area contributed by atoms with E-state index in [4.69, 9.17) is 16.4 Å². The van der Waals surface area contributed by atoms with E-state index in [1.165, 1.54) is 33.6 Å². The van der Waals surface area contributed by atoms with Crippen LogP contribution in [0.25, 0.3) is 16.8 Å². The third-order valence-electron chi connectivity index (χ3n) is 4.92. The van der Waals surface area contributed by atoms with E-state index < -0.39 is 23.2 Å². The molecule has 0 bridgehead atoms. The molecule has 1 aromatic carbocycles. The number of oxime groups is 1. The fraction of sp³-hybridized carbons (Fsp3) is 0.130. The van der Waals surface area contributed by atoms with Gasteiger partial charge in [-0.25, -0.2) is 14.3 Å². The lowest BCUT2D eigenvalue weighted by atomic mass is 10.0. The van der Waals surface area contributed by atoms with E-state index in [9.17, 15) is 23.1 Å². The molecule has 0 aliphatic rings. The molecule has 0 amide bonds. The Balaban J connectivity index is 1.68. The predicted octanol–water partition coefficient (Wildman–Crippen LogP) is 3.60. The maximum Gasteiger partial charge on any atom is 0.416 e. The standard InChI is InChI=1S/C23H16ClF3N4O3/c24-18-8-7-15(13-28-18)14-34-29-9-11-31-19-6-1-2-10-30(19)21(32)20(22(31)33)16-4-3-5-17(12-16)23(25,26)27/h1-10,12-13H,11,14H2/b29-9+. The molecule has 0 N–H and O–H groups in total. The van der Waals surface area contributed by atoms with Crippen molar-refractivity contribution in [3.8, 4) is 17.0 Å². The molecule has 3 heterocycles. The fourth-order valence-corrected chi connectivity index (χ4v) is 3.43. The van der Waals surface area contributed by atoms with Crippen LogP contribution in [0.3, 0.4) is 0 Å². The molecular formula is C23H16ClF3N4O3. The van der Waals surface area contributed by atoms with Gasteiger partial charge in [0.1, 0.15) is 23.9 Å². The van der Waals surface area contributed by atoms with Gasteiger partial charge in [0.2, 0.25) is 0 Å². The van der Waals surface area contributed by atoms with Gasteiger partial charge in [0.25, 0.3) is 5.65 Å². The van der Waals surface area contributed by atoms with Crippen LogP contribution in [0.5, 0.6) is 5.88 Å². The molecule has 174 valence electrons. The maximum absolute atomic E-state index is 13.2. The van der Waals surface area contributed by atoms with Gasteiger partial charge < -0.3 is 9.94 Å². The number of rotatable bonds is 6. The lowest BCUT2D eigenvalue weighted by Gasteiger charge is -2.16. The van der Waals surface area contributed by atoms with Crippen molar-refractivity contribution in [2.24, 2.45) is 5.16 Å². The van der Waals surface area contributed by atoms with Gasteiger partial charge in [0, 0.05) is 17.8 Å². The Labute approximate surface area is 196 Å². The van der Waals surface area contributed by atoms with Crippen LogP contribution in [0, 0.1) is 0 Å². The third kappa shape index (κ3) is 4.86. The van der Waals surface area contributed by atoms with Crippen molar-refractivity contribution in [2.45, 2.75) is 19.3 Å². The Morgan fingerprint density at radius 1 is 1.18 bits per heavy atom. The minimum atomic E-state index is -4.62. The van der Waals surface area contributed by atoms with Crippen LogP contribution in [-0.2, 0) is 24.2 Å². The topological polar surface area (TPSA) is 82.9 Å². The normalized spacial score (nSPS) is 11.9. The quantitative estimate of drug-likeness (QED) is 0.180. The highest BCUT2D eigenvalue weighted by atomic mass is 35.5. The zero-order chi connectivity index (χ0) is 24.3. The summed E-state index contributed by atoms with van der Waals surface area (Å²) in [5.41, 5.74) is -1.21. The minimum Gasteiger partial charge on any atom is -0.842 e. The zero-order valence-electron chi connectivity index (χ0n) is 17.4. The number of hydrogen-bond acceptors (Lipinski definition) is 5. The van der Waals surface area contributed by atoms with E-state index in [-0.39, 0.29) is 29.9 Å². The van der Waals surface area contributed by atoms with Gasteiger partial charge >= 0.3 is 11.7 Å². The van der Waals surface area contributed by atoms with Crippen molar-refractivity contribution in [2.75, 3.05) is 0 Å². The van der Waals surface area contributed by atoms with E-state index in [1.807, 2.05) is 0 Å². The summed E-state index contributed by atoms with van der Waals surface area (Å²) < 4.78 is 42.0. The average Bonchev–Trinajstić information content (AvgIpc) is 2.82. The molecular weight excluding hydrogens is 473 g/mol. The molecule has 11 heteroatoms. The van der Waals surface area contributed by atoms with Crippen LogP contribution < -0.4 is 15.2 Å². The smallest absolute Gasteiger partial charge is 0.416 e. The van der Waals surface area contributed by atoms with Crippen LogP contribution in [0.4, 0.5) is 13.2 Å². The summed E-state index contributed by atoms with van der Waals surface area (Å²) in [5, 5.41) is 17.4. The molecule has 7 nitrogen and oxygen atoms in total. The summed E-state index contributed by atoms with van der Waals surface area (Å²) >= 11 is 5.73. The van der Waals surface area contributed by atoms with Crippen molar-refractivity contribution in [1.82, 2.24) is 9.38 Å². The van der Waals surface area contributed by atoms with Gasteiger partial charge in [-0.1, -0.05) is 41.0 Å². The lowest BCUT2D eigenvalue weighted by molar-refractivity contribution is -0.702. The zero-order valence-corrected chi connectivity index (χ0v) is 18.1. The van der Waals surface area contributed by atoms with E-state index in [1.54, 1.807) is 30.3 Å². The van der Waals surface area contributed by atoms with E-state index in [2.05, 4.69) is 10.1 Å². The van der Waals surface area contributed by atoms with Gasteiger partial charge in [0.05, 0.1) is 23.9 Å². The molecule has 0 aliphatic heterocycles. The van der Waals surface area contributed by atoms with Gasteiger partial charge in [-0.2, -0.15) is 17.6 Å². The van der Waals surface area contributed by atoms with Gasteiger partial charge in [-0.15, -0.1) is 0 Å². The molecule has 0 fully saturated rings. The van der Waals surface area contributed by atoms with Crippen LogP contribution in [0.2, 0.25) is 5.15 Å². The maximum atomic E-state index is 13.2. The minimum absolute atomic E-state index is 0.0859. The first-order chi connectivity index (χ1) is 16.3. The van der Waals surface area contributed by atoms with Gasteiger partial charge in [0.15, 0.2) is 0 Å².